The molecule has 0 saturated carbocycles. The highest BCUT2D eigenvalue weighted by atomic mass is 35.5. The number of halogens is 1. The van der Waals surface area contributed by atoms with Crippen LogP contribution in [0.4, 0.5) is 0 Å². The lowest BCUT2D eigenvalue weighted by Crippen LogP contribution is -2.26. The summed E-state index contributed by atoms with van der Waals surface area (Å²) in [4.78, 5) is 0. The summed E-state index contributed by atoms with van der Waals surface area (Å²) in [6.07, 6.45) is 2.61. The maximum atomic E-state index is 6.08. The van der Waals surface area contributed by atoms with Gasteiger partial charge >= 0.3 is 0 Å². The van der Waals surface area contributed by atoms with Crippen molar-refractivity contribution < 1.29 is 14.2 Å². The number of hydrogen-bond donors (Lipinski definition) is 1. The van der Waals surface area contributed by atoms with Gasteiger partial charge in [0.2, 0.25) is 0 Å². The zero-order valence-electron chi connectivity index (χ0n) is 11.4. The highest BCUT2D eigenvalue weighted by Crippen LogP contribution is 2.34. The van der Waals surface area contributed by atoms with Gasteiger partial charge in [0.25, 0.3) is 0 Å². The Kier molecular flexibility index (Phi) is 5.31. The summed E-state index contributed by atoms with van der Waals surface area (Å²) in [6, 6.07) is 3.65. The number of nitrogens with one attached hydrogen (secondary N) is 1. The third kappa shape index (κ3) is 3.75. The van der Waals surface area contributed by atoms with E-state index in [0.29, 0.717) is 23.4 Å². The molecule has 19 heavy (non-hydrogen) atoms. The van der Waals surface area contributed by atoms with E-state index in [1.807, 2.05) is 6.07 Å². The molecule has 0 bridgehead atoms. The number of ether oxygens (including phenoxy) is 3. The summed E-state index contributed by atoms with van der Waals surface area (Å²) in [5.74, 6) is 1.38. The molecule has 1 aliphatic rings. The molecule has 0 aliphatic carbocycles. The van der Waals surface area contributed by atoms with Gasteiger partial charge in [0, 0.05) is 36.3 Å². The first-order chi connectivity index (χ1) is 9.24. The molecule has 0 radical (unpaired) electrons. The Balaban J connectivity index is 1.99. The minimum atomic E-state index is 0.326. The first-order valence-electron chi connectivity index (χ1n) is 6.47. The summed E-state index contributed by atoms with van der Waals surface area (Å²) in [7, 11) is 3.24. The van der Waals surface area contributed by atoms with E-state index >= 15 is 0 Å². The molecule has 0 aromatic heterocycles. The third-order valence-electron chi connectivity index (χ3n) is 3.23. The molecule has 1 N–H and O–H groups in total. The molecule has 5 heteroatoms. The molecule has 1 aromatic rings. The first kappa shape index (κ1) is 14.4. The van der Waals surface area contributed by atoms with E-state index in [1.54, 1.807) is 20.3 Å². The van der Waals surface area contributed by atoms with Gasteiger partial charge in [-0.3, -0.25) is 0 Å². The summed E-state index contributed by atoms with van der Waals surface area (Å²) in [5.41, 5.74) is 0.991. The van der Waals surface area contributed by atoms with Crippen molar-refractivity contribution in [3.63, 3.8) is 0 Å². The maximum Gasteiger partial charge on any atom is 0.165 e. The van der Waals surface area contributed by atoms with Gasteiger partial charge in [-0.1, -0.05) is 11.6 Å². The van der Waals surface area contributed by atoms with Crippen LogP contribution in [0.3, 0.4) is 0 Å². The second-order valence-corrected chi connectivity index (χ2v) is 5.00. The molecule has 4 nitrogen and oxygen atoms in total. The van der Waals surface area contributed by atoms with Crippen LogP contribution < -0.4 is 14.8 Å². The molecule has 1 fully saturated rings. The van der Waals surface area contributed by atoms with Crippen LogP contribution in [0.1, 0.15) is 18.4 Å². The fourth-order valence-corrected chi connectivity index (χ4v) is 2.54. The summed E-state index contributed by atoms with van der Waals surface area (Å²) < 4.78 is 16.2. The van der Waals surface area contributed by atoms with Crippen molar-refractivity contribution in [1.29, 1.82) is 0 Å². The van der Waals surface area contributed by atoms with E-state index in [4.69, 9.17) is 25.8 Å². The van der Waals surface area contributed by atoms with Crippen LogP contribution in [0.15, 0.2) is 12.1 Å². The van der Waals surface area contributed by atoms with Crippen molar-refractivity contribution in [2.45, 2.75) is 25.5 Å². The van der Waals surface area contributed by atoms with Gasteiger partial charge in [-0.25, -0.2) is 0 Å². The van der Waals surface area contributed by atoms with E-state index in [2.05, 4.69) is 5.32 Å². The summed E-state index contributed by atoms with van der Waals surface area (Å²) >= 11 is 6.08. The average molecular weight is 286 g/mol. The van der Waals surface area contributed by atoms with Crippen molar-refractivity contribution in [1.82, 2.24) is 5.32 Å². The topological polar surface area (TPSA) is 39.7 Å². The van der Waals surface area contributed by atoms with Crippen LogP contribution in [-0.2, 0) is 11.3 Å². The maximum absolute atomic E-state index is 6.08. The molecule has 0 amide bonds. The Morgan fingerprint density at radius 2 is 2.21 bits per heavy atom. The van der Waals surface area contributed by atoms with Crippen LogP contribution in [0.5, 0.6) is 11.5 Å². The average Bonchev–Trinajstić information content (AvgIpc) is 2.91. The molecule has 1 aliphatic heterocycles. The van der Waals surface area contributed by atoms with E-state index in [-0.39, 0.29) is 0 Å². The van der Waals surface area contributed by atoms with Gasteiger partial charge in [-0.15, -0.1) is 0 Å². The molecular weight excluding hydrogens is 266 g/mol. The van der Waals surface area contributed by atoms with Gasteiger partial charge in [0.1, 0.15) is 0 Å². The highest BCUT2D eigenvalue weighted by molar-refractivity contribution is 6.30. The quantitative estimate of drug-likeness (QED) is 0.872. The molecule has 1 heterocycles. The molecular formula is C14H20ClNO3. The third-order valence-corrected chi connectivity index (χ3v) is 3.45. The number of hydrogen-bond acceptors (Lipinski definition) is 4. The molecule has 1 saturated heterocycles. The SMILES string of the molecule is COc1cc(Cl)cc(CNCC2CCCO2)c1OC. The zero-order valence-corrected chi connectivity index (χ0v) is 12.1. The largest absolute Gasteiger partial charge is 0.493 e. The van der Waals surface area contributed by atoms with Crippen LogP contribution in [0, 0.1) is 0 Å². The van der Waals surface area contributed by atoms with Crippen LogP contribution in [0.25, 0.3) is 0 Å². The first-order valence-corrected chi connectivity index (χ1v) is 6.85. The zero-order chi connectivity index (χ0) is 13.7. The van der Waals surface area contributed by atoms with Gasteiger partial charge in [0.05, 0.1) is 20.3 Å². The second-order valence-electron chi connectivity index (χ2n) is 4.57. The predicted molar refractivity (Wildman–Crippen MR) is 75.2 cm³/mol. The fraction of sp³-hybridized carbons (Fsp3) is 0.571. The van der Waals surface area contributed by atoms with Crippen molar-refractivity contribution in [2.24, 2.45) is 0 Å². The van der Waals surface area contributed by atoms with E-state index in [9.17, 15) is 0 Å². The molecule has 2 rings (SSSR count). The molecule has 1 atom stereocenters. The van der Waals surface area contributed by atoms with Gasteiger partial charge in [-0.05, 0) is 18.9 Å². The van der Waals surface area contributed by atoms with Crippen LogP contribution in [-0.4, -0.2) is 33.5 Å². The highest BCUT2D eigenvalue weighted by Gasteiger charge is 2.16. The van der Waals surface area contributed by atoms with Crippen LogP contribution >= 0.6 is 11.6 Å². The molecule has 0 spiro atoms. The van der Waals surface area contributed by atoms with Crippen molar-refractivity contribution >= 4 is 11.6 Å². The second kappa shape index (κ2) is 6.98. The standard InChI is InChI=1S/C14H20ClNO3/c1-17-13-7-11(15)6-10(14(13)18-2)8-16-9-12-4-3-5-19-12/h6-7,12,16H,3-5,8-9H2,1-2H3. The Morgan fingerprint density at radius 1 is 1.37 bits per heavy atom. The Morgan fingerprint density at radius 3 is 2.84 bits per heavy atom. The van der Waals surface area contributed by atoms with E-state index < -0.39 is 0 Å². The van der Waals surface area contributed by atoms with E-state index in [1.165, 1.54) is 0 Å². The van der Waals surface area contributed by atoms with Crippen molar-refractivity contribution in [2.75, 3.05) is 27.4 Å². The predicted octanol–water partition coefficient (Wildman–Crippen LogP) is 2.63. The van der Waals surface area contributed by atoms with E-state index in [0.717, 1.165) is 37.3 Å². The fourth-order valence-electron chi connectivity index (χ4n) is 2.31. The number of benzene rings is 1. The molecule has 1 aromatic carbocycles. The Bertz CT molecular complexity index is 419. The number of methoxy groups -OCH3 is 2. The monoisotopic (exact) mass is 285 g/mol. The normalized spacial score (nSPS) is 18.6. The Labute approximate surface area is 119 Å². The van der Waals surface area contributed by atoms with Crippen molar-refractivity contribution in [3.05, 3.63) is 22.7 Å². The van der Waals surface area contributed by atoms with Gasteiger partial charge in [-0.2, -0.15) is 0 Å². The number of rotatable bonds is 6. The van der Waals surface area contributed by atoms with Gasteiger partial charge < -0.3 is 19.5 Å². The summed E-state index contributed by atoms with van der Waals surface area (Å²) in [6.45, 7) is 2.40. The van der Waals surface area contributed by atoms with Crippen molar-refractivity contribution in [3.8, 4) is 11.5 Å². The minimum absolute atomic E-state index is 0.326. The molecule has 106 valence electrons. The Hall–Kier alpha value is -0.970. The minimum Gasteiger partial charge on any atom is -0.493 e. The lowest BCUT2D eigenvalue weighted by atomic mass is 10.1. The van der Waals surface area contributed by atoms with Gasteiger partial charge in [0.15, 0.2) is 11.5 Å². The smallest absolute Gasteiger partial charge is 0.165 e. The lowest BCUT2D eigenvalue weighted by molar-refractivity contribution is 0.110. The molecule has 1 unspecified atom stereocenters. The summed E-state index contributed by atoms with van der Waals surface area (Å²) in [5, 5.41) is 4.02. The van der Waals surface area contributed by atoms with Crippen LogP contribution in [0.2, 0.25) is 5.02 Å². The lowest BCUT2D eigenvalue weighted by Gasteiger charge is -2.15.